The molecule has 0 unspecified atom stereocenters. The zero-order valence-corrected chi connectivity index (χ0v) is 10.0. The molecule has 1 aromatic rings. The summed E-state index contributed by atoms with van der Waals surface area (Å²) in [5.74, 6) is -2.96. The number of ketones is 1. The Hall–Kier alpha value is -1.69. The molecule has 1 aliphatic rings. The van der Waals surface area contributed by atoms with E-state index in [0.29, 0.717) is 5.75 Å². The van der Waals surface area contributed by atoms with E-state index in [1.165, 1.54) is 12.1 Å². The lowest BCUT2D eigenvalue weighted by molar-refractivity contribution is 0.0163. The van der Waals surface area contributed by atoms with Crippen LogP contribution in [0.15, 0.2) is 12.1 Å². The van der Waals surface area contributed by atoms with Crippen molar-refractivity contribution in [3.63, 3.8) is 0 Å². The normalized spacial score (nSPS) is 13.8. The third kappa shape index (κ3) is 2.28. The van der Waals surface area contributed by atoms with E-state index in [0.717, 1.165) is 6.92 Å². The quantitative estimate of drug-likeness (QED) is 0.837. The number of carbonyl (C=O) groups is 1. The van der Waals surface area contributed by atoms with Crippen molar-refractivity contribution in [1.82, 2.24) is 5.32 Å². The molecule has 2 rings (SSSR count). The van der Waals surface area contributed by atoms with Crippen molar-refractivity contribution in [2.75, 3.05) is 20.4 Å². The molecule has 6 heteroatoms. The highest BCUT2D eigenvalue weighted by Gasteiger charge is 2.32. The predicted octanol–water partition coefficient (Wildman–Crippen LogP) is 1.93. The van der Waals surface area contributed by atoms with Crippen LogP contribution in [0.4, 0.5) is 8.78 Å². The fraction of sp³-hybridized carbons (Fsp3) is 0.417. The van der Waals surface area contributed by atoms with Crippen LogP contribution >= 0.6 is 0 Å². The van der Waals surface area contributed by atoms with Crippen LogP contribution in [0.1, 0.15) is 22.8 Å². The number of fused-ring (bicyclic) bond motifs is 1. The summed E-state index contributed by atoms with van der Waals surface area (Å²) in [5.41, 5.74) is -0.381. The highest BCUT2D eigenvalue weighted by molar-refractivity contribution is 6.00. The third-order valence-electron chi connectivity index (χ3n) is 2.62. The molecule has 0 saturated heterocycles. The molecule has 0 spiro atoms. The smallest absolute Gasteiger partial charge is 0.271 e. The Kier molecular flexibility index (Phi) is 3.21. The Morgan fingerprint density at radius 2 is 2.00 bits per heavy atom. The van der Waals surface area contributed by atoms with Crippen molar-refractivity contribution in [2.45, 2.75) is 12.8 Å². The van der Waals surface area contributed by atoms with Crippen molar-refractivity contribution >= 4 is 5.78 Å². The second kappa shape index (κ2) is 4.53. The second-order valence-corrected chi connectivity index (χ2v) is 4.09. The van der Waals surface area contributed by atoms with Crippen molar-refractivity contribution in [3.05, 3.63) is 23.3 Å². The molecule has 98 valence electrons. The van der Waals surface area contributed by atoms with Crippen LogP contribution in [-0.2, 0) is 5.92 Å². The minimum atomic E-state index is -3.11. The van der Waals surface area contributed by atoms with Crippen LogP contribution in [-0.4, -0.2) is 26.2 Å². The Bertz CT molecular complexity index is 483. The fourth-order valence-electron chi connectivity index (χ4n) is 1.79. The van der Waals surface area contributed by atoms with Gasteiger partial charge in [-0.25, -0.2) is 8.78 Å². The van der Waals surface area contributed by atoms with Gasteiger partial charge in [0.2, 0.25) is 6.79 Å². The molecule has 4 nitrogen and oxygen atoms in total. The van der Waals surface area contributed by atoms with Gasteiger partial charge in [0.25, 0.3) is 5.92 Å². The Labute approximate surface area is 103 Å². The molecule has 0 saturated carbocycles. The van der Waals surface area contributed by atoms with Gasteiger partial charge in [0, 0.05) is 18.1 Å². The maximum Gasteiger partial charge on any atom is 0.271 e. The number of Topliss-reactive ketones (excluding diaryl/α,β-unsaturated/α-hetero) is 1. The standard InChI is InChI=1S/C12H13F2NO3/c1-12(13,14)8-4-11-10(17-6-18-11)3-7(8)9(16)5-15-2/h3-4,15H,5-6H2,1-2H3. The van der Waals surface area contributed by atoms with Gasteiger partial charge >= 0.3 is 0 Å². The summed E-state index contributed by atoms with van der Waals surface area (Å²) in [6, 6.07) is 2.49. The van der Waals surface area contributed by atoms with Crippen molar-refractivity contribution < 1.29 is 23.0 Å². The molecule has 1 aromatic carbocycles. The van der Waals surface area contributed by atoms with Crippen LogP contribution in [0.3, 0.4) is 0 Å². The molecule has 0 atom stereocenters. The lowest BCUT2D eigenvalue weighted by Crippen LogP contribution is -2.22. The first kappa shape index (κ1) is 12.8. The third-order valence-corrected chi connectivity index (χ3v) is 2.62. The summed E-state index contributed by atoms with van der Waals surface area (Å²) in [7, 11) is 1.58. The number of benzene rings is 1. The van der Waals surface area contributed by atoms with E-state index in [-0.39, 0.29) is 30.2 Å². The van der Waals surface area contributed by atoms with E-state index in [9.17, 15) is 13.6 Å². The fourth-order valence-corrected chi connectivity index (χ4v) is 1.79. The minimum absolute atomic E-state index is 0.0112. The highest BCUT2D eigenvalue weighted by Crippen LogP contribution is 2.40. The second-order valence-electron chi connectivity index (χ2n) is 4.09. The number of nitrogens with one attached hydrogen (secondary N) is 1. The van der Waals surface area contributed by atoms with Gasteiger partial charge in [-0.05, 0) is 19.2 Å². The van der Waals surface area contributed by atoms with Crippen LogP contribution < -0.4 is 14.8 Å². The van der Waals surface area contributed by atoms with Gasteiger partial charge in [0.05, 0.1) is 6.54 Å². The summed E-state index contributed by atoms with van der Waals surface area (Å²) in [6.07, 6.45) is 0. The molecule has 0 radical (unpaired) electrons. The van der Waals surface area contributed by atoms with E-state index >= 15 is 0 Å². The lowest BCUT2D eigenvalue weighted by atomic mass is 9.98. The van der Waals surface area contributed by atoms with Crippen molar-refractivity contribution in [2.24, 2.45) is 0 Å². The number of carbonyl (C=O) groups excluding carboxylic acids is 1. The Morgan fingerprint density at radius 3 is 2.56 bits per heavy atom. The number of hydrogen-bond acceptors (Lipinski definition) is 4. The largest absolute Gasteiger partial charge is 0.454 e. The van der Waals surface area contributed by atoms with E-state index < -0.39 is 11.7 Å². The Balaban J connectivity index is 2.52. The molecule has 0 aromatic heterocycles. The maximum absolute atomic E-state index is 13.5. The van der Waals surface area contributed by atoms with Gasteiger partial charge in [0.1, 0.15) is 0 Å². The van der Waals surface area contributed by atoms with E-state index in [4.69, 9.17) is 9.47 Å². The van der Waals surface area contributed by atoms with Gasteiger partial charge in [0.15, 0.2) is 17.3 Å². The number of alkyl halides is 2. The van der Waals surface area contributed by atoms with Gasteiger partial charge in [-0.1, -0.05) is 0 Å². The van der Waals surface area contributed by atoms with E-state index in [1.807, 2.05) is 0 Å². The van der Waals surface area contributed by atoms with Gasteiger partial charge < -0.3 is 14.8 Å². The number of likely N-dealkylation sites (N-methyl/N-ethyl adjacent to an activating group) is 1. The molecular formula is C12H13F2NO3. The molecule has 0 bridgehead atoms. The summed E-state index contributed by atoms with van der Waals surface area (Å²) in [5, 5.41) is 2.65. The summed E-state index contributed by atoms with van der Waals surface area (Å²) >= 11 is 0. The zero-order chi connectivity index (χ0) is 13.3. The van der Waals surface area contributed by atoms with Crippen LogP contribution in [0, 0.1) is 0 Å². The monoisotopic (exact) mass is 257 g/mol. The lowest BCUT2D eigenvalue weighted by Gasteiger charge is -2.16. The molecule has 18 heavy (non-hydrogen) atoms. The van der Waals surface area contributed by atoms with Crippen molar-refractivity contribution in [3.8, 4) is 11.5 Å². The van der Waals surface area contributed by atoms with Gasteiger partial charge in [-0.3, -0.25) is 4.79 Å². The molecule has 0 fully saturated rings. The average molecular weight is 257 g/mol. The highest BCUT2D eigenvalue weighted by atomic mass is 19.3. The number of ether oxygens (including phenoxy) is 2. The van der Waals surface area contributed by atoms with Gasteiger partial charge in [-0.2, -0.15) is 0 Å². The van der Waals surface area contributed by atoms with Crippen LogP contribution in [0.25, 0.3) is 0 Å². The first-order chi connectivity index (χ1) is 8.43. The minimum Gasteiger partial charge on any atom is -0.454 e. The predicted molar refractivity (Wildman–Crippen MR) is 60.4 cm³/mol. The number of hydrogen-bond donors (Lipinski definition) is 1. The van der Waals surface area contributed by atoms with E-state index in [1.54, 1.807) is 7.05 Å². The average Bonchev–Trinajstić information content (AvgIpc) is 2.73. The number of halogens is 2. The zero-order valence-electron chi connectivity index (χ0n) is 10.0. The summed E-state index contributed by atoms with van der Waals surface area (Å²) in [6.45, 7) is 0.719. The van der Waals surface area contributed by atoms with E-state index in [2.05, 4.69) is 5.32 Å². The molecule has 0 aliphatic carbocycles. The molecule has 1 heterocycles. The summed E-state index contributed by atoms with van der Waals surface area (Å²) in [4.78, 5) is 11.8. The topological polar surface area (TPSA) is 47.6 Å². The molecule has 0 amide bonds. The van der Waals surface area contributed by atoms with Crippen LogP contribution in [0.5, 0.6) is 11.5 Å². The van der Waals surface area contributed by atoms with Crippen LogP contribution in [0.2, 0.25) is 0 Å². The number of rotatable bonds is 4. The maximum atomic E-state index is 13.5. The molecule has 1 N–H and O–H groups in total. The SMILES string of the molecule is CNCC(=O)c1cc2c(cc1C(C)(F)F)OCO2. The molecular weight excluding hydrogens is 244 g/mol. The Morgan fingerprint density at radius 1 is 1.39 bits per heavy atom. The molecule has 1 aliphatic heterocycles. The first-order valence-electron chi connectivity index (χ1n) is 5.43. The van der Waals surface area contributed by atoms with Gasteiger partial charge in [-0.15, -0.1) is 0 Å². The first-order valence-corrected chi connectivity index (χ1v) is 5.43. The van der Waals surface area contributed by atoms with Crippen molar-refractivity contribution in [1.29, 1.82) is 0 Å². The summed E-state index contributed by atoms with van der Waals surface area (Å²) < 4.78 is 37.2.